The first-order valence-electron chi connectivity index (χ1n) is 9.49. The van der Waals surface area contributed by atoms with Crippen LogP contribution in [-0.4, -0.2) is 13.9 Å². The zero-order chi connectivity index (χ0) is 21.8. The summed E-state index contributed by atoms with van der Waals surface area (Å²) >= 11 is 0. The van der Waals surface area contributed by atoms with Crippen molar-refractivity contribution in [2.24, 2.45) is 0 Å². The highest BCUT2D eigenvalue weighted by molar-refractivity contribution is 7.88. The summed E-state index contributed by atoms with van der Waals surface area (Å²) in [6.45, 7) is 0. The number of fused-ring (bicyclic) bond motifs is 4. The van der Waals surface area contributed by atoms with Crippen LogP contribution < -0.4 is 4.18 Å². The van der Waals surface area contributed by atoms with E-state index in [0.29, 0.717) is 22.9 Å². The van der Waals surface area contributed by atoms with E-state index in [1.165, 1.54) is 6.07 Å². The average molecular weight is 440 g/mol. The monoisotopic (exact) mass is 440 g/mol. The molecule has 1 aliphatic carbocycles. The lowest BCUT2D eigenvalue weighted by Gasteiger charge is -2.17. The summed E-state index contributed by atoms with van der Waals surface area (Å²) in [6, 6.07) is 23.4. The molecule has 0 aliphatic heterocycles. The standard InChI is InChI=1S/C24H15F3O3S/c25-24(26,27)31(28,29)30-22-13-12-15-6-1-4-9-18(15)23(22)20-11-5-10-19-17-8-3-2-7-16(17)14-21(19)20/h1-13H,14H2. The summed E-state index contributed by atoms with van der Waals surface area (Å²) in [6.07, 6.45) is 0.594. The van der Waals surface area contributed by atoms with E-state index < -0.39 is 15.6 Å². The van der Waals surface area contributed by atoms with Crippen LogP contribution >= 0.6 is 0 Å². The summed E-state index contributed by atoms with van der Waals surface area (Å²) in [5.41, 5.74) is -0.473. The number of alkyl halides is 3. The van der Waals surface area contributed by atoms with E-state index in [0.717, 1.165) is 27.6 Å². The zero-order valence-electron chi connectivity index (χ0n) is 16.0. The van der Waals surface area contributed by atoms with Gasteiger partial charge in [-0.1, -0.05) is 72.8 Å². The second kappa shape index (κ2) is 6.85. The third kappa shape index (κ3) is 3.16. The first-order chi connectivity index (χ1) is 14.8. The number of rotatable bonds is 3. The molecule has 0 saturated heterocycles. The van der Waals surface area contributed by atoms with Gasteiger partial charge in [-0.15, -0.1) is 0 Å². The molecule has 5 rings (SSSR count). The normalized spacial score (nSPS) is 13.1. The molecular formula is C24H15F3O3S. The van der Waals surface area contributed by atoms with Crippen molar-refractivity contribution in [2.45, 2.75) is 11.9 Å². The SMILES string of the molecule is O=S(=O)(Oc1ccc2ccccc2c1-c1cccc2c1Cc1ccccc1-2)C(F)(F)F. The van der Waals surface area contributed by atoms with Crippen LogP contribution in [0.2, 0.25) is 0 Å². The van der Waals surface area contributed by atoms with Crippen LogP contribution in [0.1, 0.15) is 11.1 Å². The smallest absolute Gasteiger partial charge is 0.375 e. The van der Waals surface area contributed by atoms with E-state index in [1.54, 1.807) is 24.3 Å². The molecule has 4 aromatic carbocycles. The maximum atomic E-state index is 13.1. The summed E-state index contributed by atoms with van der Waals surface area (Å²) in [5.74, 6) is -0.347. The maximum Gasteiger partial charge on any atom is 0.534 e. The Hall–Kier alpha value is -3.32. The van der Waals surface area contributed by atoms with Crippen LogP contribution in [0.25, 0.3) is 33.0 Å². The summed E-state index contributed by atoms with van der Waals surface area (Å²) in [7, 11) is -5.82. The Bertz CT molecular complexity index is 1440. The Balaban J connectivity index is 1.78. The van der Waals surface area contributed by atoms with Crippen LogP contribution in [-0.2, 0) is 16.5 Å². The van der Waals surface area contributed by atoms with Gasteiger partial charge in [-0.05, 0) is 51.1 Å². The molecule has 0 saturated carbocycles. The quantitative estimate of drug-likeness (QED) is 0.244. The van der Waals surface area contributed by atoms with Gasteiger partial charge < -0.3 is 4.18 Å². The third-order valence-electron chi connectivity index (χ3n) is 5.49. The number of benzene rings is 4. The van der Waals surface area contributed by atoms with Crippen molar-refractivity contribution in [3.63, 3.8) is 0 Å². The summed E-state index contributed by atoms with van der Waals surface area (Å²) in [5, 5.41) is 1.38. The molecule has 0 radical (unpaired) electrons. The Kier molecular flexibility index (Phi) is 4.34. The van der Waals surface area contributed by atoms with Gasteiger partial charge in [-0.2, -0.15) is 21.6 Å². The largest absolute Gasteiger partial charge is 0.534 e. The molecule has 0 amide bonds. The average Bonchev–Trinajstić information content (AvgIpc) is 3.12. The molecule has 0 aromatic heterocycles. The molecule has 0 spiro atoms. The van der Waals surface area contributed by atoms with Gasteiger partial charge in [0.1, 0.15) is 0 Å². The second-order valence-corrected chi connectivity index (χ2v) is 8.85. The summed E-state index contributed by atoms with van der Waals surface area (Å²) in [4.78, 5) is 0. The van der Waals surface area contributed by atoms with Gasteiger partial charge in [0.15, 0.2) is 5.75 Å². The van der Waals surface area contributed by atoms with Crippen LogP contribution in [0.4, 0.5) is 13.2 Å². The Morgan fingerprint density at radius 3 is 2.23 bits per heavy atom. The van der Waals surface area contributed by atoms with Crippen LogP contribution in [0.5, 0.6) is 5.75 Å². The van der Waals surface area contributed by atoms with E-state index in [1.807, 2.05) is 48.5 Å². The van der Waals surface area contributed by atoms with Crippen molar-refractivity contribution in [1.29, 1.82) is 0 Å². The van der Waals surface area contributed by atoms with Gasteiger partial charge in [0, 0.05) is 5.56 Å². The number of hydrogen-bond acceptors (Lipinski definition) is 3. The van der Waals surface area contributed by atoms with E-state index in [4.69, 9.17) is 0 Å². The lowest BCUT2D eigenvalue weighted by Crippen LogP contribution is -2.28. The molecule has 0 unspecified atom stereocenters. The topological polar surface area (TPSA) is 43.4 Å². The minimum absolute atomic E-state index is 0.329. The van der Waals surface area contributed by atoms with Crippen molar-refractivity contribution < 1.29 is 25.8 Å². The van der Waals surface area contributed by atoms with Gasteiger partial charge in [0.2, 0.25) is 0 Å². The molecular weight excluding hydrogens is 425 g/mol. The molecule has 0 atom stereocenters. The first kappa shape index (κ1) is 19.6. The molecule has 31 heavy (non-hydrogen) atoms. The lowest BCUT2D eigenvalue weighted by atomic mass is 9.91. The molecule has 7 heteroatoms. The maximum absolute atomic E-state index is 13.1. The molecule has 1 aliphatic rings. The zero-order valence-corrected chi connectivity index (χ0v) is 16.8. The van der Waals surface area contributed by atoms with Crippen molar-refractivity contribution in [3.05, 3.63) is 90.0 Å². The number of halogens is 3. The van der Waals surface area contributed by atoms with Gasteiger partial charge in [0.05, 0.1) is 0 Å². The molecule has 0 bridgehead atoms. The third-order valence-corrected chi connectivity index (χ3v) is 6.46. The van der Waals surface area contributed by atoms with E-state index in [9.17, 15) is 21.6 Å². The highest BCUT2D eigenvalue weighted by atomic mass is 32.2. The summed E-state index contributed by atoms with van der Waals surface area (Å²) < 4.78 is 67.4. The second-order valence-electron chi connectivity index (χ2n) is 7.31. The fraction of sp³-hybridized carbons (Fsp3) is 0.0833. The van der Waals surface area contributed by atoms with Gasteiger partial charge in [-0.3, -0.25) is 0 Å². The highest BCUT2D eigenvalue weighted by Crippen LogP contribution is 2.46. The molecule has 0 heterocycles. The molecule has 156 valence electrons. The van der Waals surface area contributed by atoms with Crippen molar-refractivity contribution in [3.8, 4) is 28.0 Å². The predicted octanol–water partition coefficient (Wildman–Crippen LogP) is 6.31. The Morgan fingerprint density at radius 2 is 1.42 bits per heavy atom. The molecule has 0 N–H and O–H groups in total. The van der Waals surface area contributed by atoms with Gasteiger partial charge >= 0.3 is 15.6 Å². The van der Waals surface area contributed by atoms with Gasteiger partial charge in [-0.25, -0.2) is 0 Å². The molecule has 3 nitrogen and oxygen atoms in total. The van der Waals surface area contributed by atoms with Crippen molar-refractivity contribution in [2.75, 3.05) is 0 Å². The van der Waals surface area contributed by atoms with Crippen LogP contribution in [0, 0.1) is 0 Å². The lowest BCUT2D eigenvalue weighted by molar-refractivity contribution is -0.0499. The Morgan fingerprint density at radius 1 is 0.742 bits per heavy atom. The van der Waals surface area contributed by atoms with E-state index >= 15 is 0 Å². The first-order valence-corrected chi connectivity index (χ1v) is 10.9. The minimum Gasteiger partial charge on any atom is -0.375 e. The van der Waals surface area contributed by atoms with Crippen LogP contribution in [0.3, 0.4) is 0 Å². The fourth-order valence-electron chi connectivity index (χ4n) is 4.16. The number of hydrogen-bond donors (Lipinski definition) is 0. The van der Waals surface area contributed by atoms with E-state index in [2.05, 4.69) is 4.18 Å². The Labute approximate surface area is 176 Å². The minimum atomic E-state index is -5.82. The molecule has 0 fully saturated rings. The van der Waals surface area contributed by atoms with Gasteiger partial charge in [0.25, 0.3) is 0 Å². The highest BCUT2D eigenvalue weighted by Gasteiger charge is 2.49. The van der Waals surface area contributed by atoms with Crippen molar-refractivity contribution >= 4 is 20.9 Å². The van der Waals surface area contributed by atoms with E-state index in [-0.39, 0.29) is 5.75 Å². The van der Waals surface area contributed by atoms with Crippen LogP contribution in [0.15, 0.2) is 78.9 Å². The van der Waals surface area contributed by atoms with Crippen molar-refractivity contribution in [1.82, 2.24) is 0 Å². The fourth-order valence-corrected chi connectivity index (χ4v) is 4.63. The predicted molar refractivity (Wildman–Crippen MR) is 113 cm³/mol. The molecule has 4 aromatic rings.